The Balaban J connectivity index is 0.000000759. The maximum atomic E-state index is 12.0. The van der Waals surface area contributed by atoms with Crippen molar-refractivity contribution in [2.24, 2.45) is 0 Å². The van der Waals surface area contributed by atoms with E-state index in [1.807, 2.05) is 6.92 Å². The van der Waals surface area contributed by atoms with E-state index in [2.05, 4.69) is 16.4 Å². The number of phenols is 2. The molecular weight excluding hydrogens is 758 g/mol. The topological polar surface area (TPSA) is 187 Å². The summed E-state index contributed by atoms with van der Waals surface area (Å²) in [5.41, 5.74) is 1.05. The van der Waals surface area contributed by atoms with E-state index < -0.39 is 35.4 Å². The fourth-order valence-electron chi connectivity index (χ4n) is 3.41. The molecule has 0 amide bonds. The van der Waals surface area contributed by atoms with E-state index in [1.54, 1.807) is 13.8 Å². The van der Waals surface area contributed by atoms with Crippen LogP contribution in [0.1, 0.15) is 90.2 Å². The van der Waals surface area contributed by atoms with Gasteiger partial charge in [0, 0.05) is 10.0 Å². The zero-order valence-electron chi connectivity index (χ0n) is 27.3. The third-order valence-electron chi connectivity index (χ3n) is 6.50. The number of halogens is 4. The van der Waals surface area contributed by atoms with Gasteiger partial charge in [0.05, 0.1) is 38.2 Å². The lowest BCUT2D eigenvalue weighted by atomic mass is 10.1. The number of sulfonamides is 2. The zero-order chi connectivity index (χ0) is 36.8. The van der Waals surface area contributed by atoms with Gasteiger partial charge in [0.1, 0.15) is 0 Å². The second-order valence-corrected chi connectivity index (χ2v) is 18.1. The van der Waals surface area contributed by atoms with E-state index >= 15 is 0 Å². The number of hydrogen-bond donors (Lipinski definition) is 5. The number of unbranched alkanes of at least 4 members (excludes halogenated alkanes) is 6. The molecule has 0 radical (unpaired) electrons. The van der Waals surface area contributed by atoms with Crippen LogP contribution in [-0.2, 0) is 30.2 Å². The summed E-state index contributed by atoms with van der Waals surface area (Å²) in [6, 6.07) is 2.72. The maximum absolute atomic E-state index is 12.0. The average molecular weight is 805 g/mol. The van der Waals surface area contributed by atoms with E-state index in [4.69, 9.17) is 51.0 Å². The molecule has 0 aliphatic heterocycles. The molecule has 0 heterocycles. The smallest absolute Gasteiger partial charge is 0.267 e. The fourth-order valence-corrected chi connectivity index (χ4v) is 6.76. The van der Waals surface area contributed by atoms with E-state index in [1.165, 1.54) is 32.4 Å². The largest absolute Gasteiger partial charge is 0.504 e. The monoisotopic (exact) mass is 802 g/mol. The Bertz CT molecular complexity index is 1640. The standard InChI is InChI=1S/C15H23Cl2NO3S.C11H15Cl2NO3S.C3H8O3S/c1-3-4-5-6-7-8-9-22(20,21)18-13-10-12(16)11(2)14(17)15(13)19;1-3-4-5-18(16,17)14-9-6-8(12)7(2)10(13)11(9)15;1-3(2)7(4,5)6/h10,18-19H,3-9H2,1-2H3;6,14-15H,3-5H2,1-2H3;3H,1-2H3,(H,4,5,6). The van der Waals surface area contributed by atoms with Crippen molar-refractivity contribution >= 4 is 87.9 Å². The normalized spacial score (nSPS) is 11.7. The zero-order valence-corrected chi connectivity index (χ0v) is 32.8. The number of rotatable bonds is 15. The van der Waals surface area contributed by atoms with Crippen LogP contribution in [0.5, 0.6) is 11.5 Å². The molecule has 0 spiro atoms. The summed E-state index contributed by atoms with van der Waals surface area (Å²) in [5.74, 6) is -0.595. The number of nitrogens with one attached hydrogen (secondary N) is 2. The van der Waals surface area contributed by atoms with Crippen LogP contribution in [-0.4, -0.2) is 56.8 Å². The molecule has 47 heavy (non-hydrogen) atoms. The van der Waals surface area contributed by atoms with Gasteiger partial charge in [-0.1, -0.05) is 98.8 Å². The molecule has 0 atom stereocenters. The summed E-state index contributed by atoms with van der Waals surface area (Å²) in [5, 5.41) is 19.7. The highest BCUT2D eigenvalue weighted by atomic mass is 35.5. The fraction of sp³-hybridized carbons (Fsp3) is 0.586. The van der Waals surface area contributed by atoms with Gasteiger partial charge >= 0.3 is 0 Å². The first-order valence-corrected chi connectivity index (χ1v) is 21.2. The molecule has 2 aromatic carbocycles. The van der Waals surface area contributed by atoms with E-state index in [0.717, 1.165) is 32.1 Å². The van der Waals surface area contributed by atoms with Crippen LogP contribution in [0.15, 0.2) is 12.1 Å². The first-order valence-electron chi connectivity index (χ1n) is 14.8. The van der Waals surface area contributed by atoms with Crippen molar-refractivity contribution in [1.29, 1.82) is 0 Å². The number of phenolic OH excluding ortho intramolecular Hbond substituents is 2. The Labute approximate surface area is 300 Å². The van der Waals surface area contributed by atoms with Gasteiger partial charge in [-0.15, -0.1) is 0 Å². The third-order valence-corrected chi connectivity index (χ3v) is 12.1. The number of anilines is 2. The second kappa shape index (κ2) is 21.0. The van der Waals surface area contributed by atoms with Crippen molar-refractivity contribution in [2.75, 3.05) is 20.9 Å². The summed E-state index contributed by atoms with van der Waals surface area (Å²) in [4.78, 5) is 0. The lowest BCUT2D eigenvalue weighted by molar-refractivity contribution is 0.473. The molecule has 0 bridgehead atoms. The van der Waals surface area contributed by atoms with Crippen LogP contribution in [0, 0.1) is 13.8 Å². The van der Waals surface area contributed by atoms with Crippen molar-refractivity contribution in [3.8, 4) is 11.5 Å². The van der Waals surface area contributed by atoms with Gasteiger partial charge in [-0.2, -0.15) is 8.42 Å². The average Bonchev–Trinajstić information content (AvgIpc) is 2.97. The quantitative estimate of drug-likeness (QED) is 0.0666. The van der Waals surface area contributed by atoms with E-state index in [9.17, 15) is 35.5 Å². The molecule has 11 nitrogen and oxygen atoms in total. The van der Waals surface area contributed by atoms with Gasteiger partial charge in [0.25, 0.3) is 10.1 Å². The van der Waals surface area contributed by atoms with Crippen LogP contribution < -0.4 is 9.44 Å². The molecule has 0 saturated heterocycles. The number of benzene rings is 2. The highest BCUT2D eigenvalue weighted by Gasteiger charge is 2.19. The van der Waals surface area contributed by atoms with Crippen molar-refractivity contribution in [2.45, 2.75) is 98.2 Å². The first-order chi connectivity index (χ1) is 21.5. The highest BCUT2D eigenvalue weighted by Crippen LogP contribution is 2.40. The van der Waals surface area contributed by atoms with Gasteiger partial charge in [-0.05, 0) is 63.8 Å². The number of aromatic hydroxyl groups is 2. The van der Waals surface area contributed by atoms with Gasteiger partial charge in [-0.3, -0.25) is 14.0 Å². The minimum Gasteiger partial charge on any atom is -0.504 e. The van der Waals surface area contributed by atoms with Crippen LogP contribution >= 0.6 is 46.4 Å². The second-order valence-electron chi connectivity index (χ2n) is 10.9. The Morgan fingerprint density at radius 2 is 0.957 bits per heavy atom. The molecule has 0 saturated carbocycles. The number of hydrogen-bond acceptors (Lipinski definition) is 8. The molecule has 0 aliphatic rings. The van der Waals surface area contributed by atoms with Crippen molar-refractivity contribution in [3.05, 3.63) is 43.4 Å². The third kappa shape index (κ3) is 17.2. The van der Waals surface area contributed by atoms with Gasteiger partial charge in [-0.25, -0.2) is 16.8 Å². The van der Waals surface area contributed by atoms with Gasteiger partial charge in [0.2, 0.25) is 20.0 Å². The minimum atomic E-state index is -3.74. The molecule has 272 valence electrons. The molecule has 2 aromatic rings. The van der Waals surface area contributed by atoms with Crippen LogP contribution in [0.3, 0.4) is 0 Å². The Morgan fingerprint density at radius 3 is 1.30 bits per heavy atom. The summed E-state index contributed by atoms with van der Waals surface area (Å²) in [7, 11) is -10.8. The molecule has 0 fully saturated rings. The summed E-state index contributed by atoms with van der Waals surface area (Å²) < 4.78 is 80.0. The summed E-state index contributed by atoms with van der Waals surface area (Å²) >= 11 is 23.6. The van der Waals surface area contributed by atoms with Crippen molar-refractivity contribution < 1.29 is 40.0 Å². The Morgan fingerprint density at radius 1 is 0.638 bits per heavy atom. The summed E-state index contributed by atoms with van der Waals surface area (Å²) in [6.07, 6.45) is 7.29. The summed E-state index contributed by atoms with van der Waals surface area (Å²) in [6.45, 7) is 10.1. The molecule has 5 N–H and O–H groups in total. The lowest BCUT2D eigenvalue weighted by Gasteiger charge is -2.13. The van der Waals surface area contributed by atoms with Gasteiger partial charge < -0.3 is 10.2 Å². The molecule has 18 heteroatoms. The Kier molecular flexibility index (Phi) is 20.3. The minimum absolute atomic E-state index is 0.00621. The van der Waals surface area contributed by atoms with Crippen LogP contribution in [0.25, 0.3) is 0 Å². The Hall–Kier alpha value is -1.39. The molecule has 2 rings (SSSR count). The van der Waals surface area contributed by atoms with Crippen molar-refractivity contribution in [3.63, 3.8) is 0 Å². The predicted octanol–water partition coefficient (Wildman–Crippen LogP) is 8.94. The van der Waals surface area contributed by atoms with Crippen molar-refractivity contribution in [1.82, 2.24) is 0 Å². The lowest BCUT2D eigenvalue weighted by Crippen LogP contribution is -2.17. The molecular formula is C29H46Cl4N2O9S3. The molecule has 0 aliphatic carbocycles. The highest BCUT2D eigenvalue weighted by molar-refractivity contribution is 7.93. The van der Waals surface area contributed by atoms with Crippen LogP contribution in [0.4, 0.5) is 11.4 Å². The maximum Gasteiger partial charge on any atom is 0.267 e. The van der Waals surface area contributed by atoms with Gasteiger partial charge in [0.15, 0.2) is 11.5 Å². The molecule has 0 unspecified atom stereocenters. The molecule has 0 aromatic heterocycles. The first kappa shape index (κ1) is 45.6. The van der Waals surface area contributed by atoms with Crippen LogP contribution in [0.2, 0.25) is 20.1 Å². The van der Waals surface area contributed by atoms with E-state index in [0.29, 0.717) is 34.0 Å². The predicted molar refractivity (Wildman–Crippen MR) is 196 cm³/mol. The SMILES string of the molecule is CC(C)S(=O)(=O)O.CCCCCCCCS(=O)(=O)Nc1cc(Cl)c(C)c(Cl)c1O.CCCCS(=O)(=O)Nc1cc(Cl)c(C)c(Cl)c1O. The van der Waals surface area contributed by atoms with E-state index in [-0.39, 0.29) is 44.4 Å².